The van der Waals surface area contributed by atoms with Gasteiger partial charge in [0.2, 0.25) is 0 Å². The van der Waals surface area contributed by atoms with E-state index in [1.165, 1.54) is 0 Å². The highest BCUT2D eigenvalue weighted by molar-refractivity contribution is 5.85. The molecule has 3 nitrogen and oxygen atoms in total. The molecular weight excluding hydrogens is 118 g/mol. The van der Waals surface area contributed by atoms with E-state index in [0.717, 1.165) is 0 Å². The van der Waals surface area contributed by atoms with Crippen LogP contribution in [0.2, 0.25) is 0 Å². The molecule has 3 heteroatoms. The molecule has 1 N–H and O–H groups in total. The fourth-order valence-corrected chi connectivity index (χ4v) is 0.151. The summed E-state index contributed by atoms with van der Waals surface area (Å²) in [5, 5.41) is 14.6. The summed E-state index contributed by atoms with van der Waals surface area (Å²) in [6, 6.07) is 0. The van der Waals surface area contributed by atoms with E-state index in [-0.39, 0.29) is 5.57 Å². The van der Waals surface area contributed by atoms with Crippen LogP contribution < -0.4 is 0 Å². The minimum absolute atomic E-state index is 0.264. The lowest BCUT2D eigenvalue weighted by Gasteiger charge is -1.87. The van der Waals surface area contributed by atoms with Crippen molar-refractivity contribution < 1.29 is 9.90 Å². The molecule has 0 radical (unpaired) electrons. The molecule has 0 fully saturated rings. The van der Waals surface area contributed by atoms with E-state index in [1.54, 1.807) is 6.92 Å². The first-order valence-electron chi connectivity index (χ1n) is 2.35. The summed E-state index contributed by atoms with van der Waals surface area (Å²) in [6.45, 7) is 8.53. The summed E-state index contributed by atoms with van der Waals surface area (Å²) in [5.74, 6) is -0.900. The molecule has 0 atom stereocenters. The Morgan fingerprint density at radius 3 is 2.11 bits per heavy atom. The maximum absolute atomic E-state index is 9.83. The Bertz CT molecular complexity index is 126. The first kappa shape index (κ1) is 10.6. The van der Waals surface area contributed by atoms with Crippen molar-refractivity contribution in [3.05, 3.63) is 12.2 Å². The van der Waals surface area contributed by atoms with E-state index in [4.69, 9.17) is 10.4 Å². The summed E-state index contributed by atoms with van der Waals surface area (Å²) >= 11 is 0. The van der Waals surface area contributed by atoms with Gasteiger partial charge < -0.3 is 5.11 Å². The normalized spacial score (nSPS) is 6.56. The van der Waals surface area contributed by atoms with Crippen LogP contribution in [0.4, 0.5) is 0 Å². The van der Waals surface area contributed by atoms with Gasteiger partial charge in [0.05, 0.1) is 0 Å². The molecule has 0 aliphatic heterocycles. The highest BCUT2D eigenvalue weighted by Crippen LogP contribution is 1.93. The van der Waals surface area contributed by atoms with Crippen LogP contribution in [0.25, 0.3) is 0 Å². The number of carboxylic acids is 1. The monoisotopic (exact) mass is 127 g/mol. The van der Waals surface area contributed by atoms with Crippen LogP contribution >= 0.6 is 0 Å². The van der Waals surface area contributed by atoms with Crippen LogP contribution in [0, 0.1) is 11.8 Å². The molecule has 0 heterocycles. The summed E-state index contributed by atoms with van der Waals surface area (Å²) in [5.41, 5.74) is 0.264. The number of hydrogen-bond donors (Lipinski definition) is 1. The van der Waals surface area contributed by atoms with E-state index in [0.29, 0.717) is 6.42 Å². The quantitative estimate of drug-likeness (QED) is 0.566. The second kappa shape index (κ2) is 6.70. The summed E-state index contributed by atoms with van der Waals surface area (Å²) in [4.78, 5) is 9.83. The largest absolute Gasteiger partial charge is 0.478 e. The van der Waals surface area contributed by atoms with Crippen LogP contribution in [0.1, 0.15) is 13.3 Å². The molecule has 0 saturated carbocycles. The standard InChI is InChI=1S/C5H8O2.CHN/c1-3-4(2)5(6)7;1-2/h2-3H2,1H3,(H,6,7);1H. The Hall–Kier alpha value is -1.30. The molecule has 0 bridgehead atoms. The number of rotatable bonds is 2. The number of carbonyl (C=O) groups is 1. The van der Waals surface area contributed by atoms with Gasteiger partial charge in [0, 0.05) is 12.1 Å². The van der Waals surface area contributed by atoms with Gasteiger partial charge >= 0.3 is 5.97 Å². The smallest absolute Gasteiger partial charge is 0.330 e. The van der Waals surface area contributed by atoms with Gasteiger partial charge in [0.25, 0.3) is 0 Å². The van der Waals surface area contributed by atoms with Crippen molar-refractivity contribution >= 4 is 5.97 Å². The molecule has 0 rings (SSSR count). The molecule has 0 aromatic carbocycles. The number of nitrogens with zero attached hydrogens (tertiary/aromatic N) is 1. The van der Waals surface area contributed by atoms with Crippen LogP contribution in [0.15, 0.2) is 12.2 Å². The molecule has 50 valence electrons. The van der Waals surface area contributed by atoms with E-state index < -0.39 is 5.97 Å². The Labute approximate surface area is 54.2 Å². The molecule has 0 unspecified atom stereocenters. The molecule has 0 aromatic rings. The zero-order valence-corrected chi connectivity index (χ0v) is 5.29. The van der Waals surface area contributed by atoms with Crippen molar-refractivity contribution in [2.24, 2.45) is 0 Å². The van der Waals surface area contributed by atoms with E-state index in [2.05, 4.69) is 13.2 Å². The minimum atomic E-state index is -0.900. The SMILES string of the molecule is C#N.C=C(CC)C(=O)O. The lowest BCUT2D eigenvalue weighted by Crippen LogP contribution is -1.95. The van der Waals surface area contributed by atoms with Gasteiger partial charge in [-0.2, -0.15) is 0 Å². The molecule has 0 aliphatic rings. The third-order valence-corrected chi connectivity index (χ3v) is 0.729. The Morgan fingerprint density at radius 1 is 1.78 bits per heavy atom. The average molecular weight is 127 g/mol. The molecular formula is C6H9NO2. The number of carboxylic acid groups (broad SMARTS) is 1. The highest BCUT2D eigenvalue weighted by atomic mass is 16.4. The van der Waals surface area contributed by atoms with Gasteiger partial charge in [0.1, 0.15) is 0 Å². The number of nitriles is 1. The van der Waals surface area contributed by atoms with Gasteiger partial charge in [0.15, 0.2) is 0 Å². The van der Waals surface area contributed by atoms with Crippen LogP contribution in [-0.2, 0) is 4.79 Å². The van der Waals surface area contributed by atoms with Crippen LogP contribution in [0.5, 0.6) is 0 Å². The van der Waals surface area contributed by atoms with Crippen LogP contribution in [-0.4, -0.2) is 11.1 Å². The van der Waals surface area contributed by atoms with Crippen LogP contribution in [0.3, 0.4) is 0 Å². The van der Waals surface area contributed by atoms with Gasteiger partial charge in [-0.25, -0.2) is 10.1 Å². The fraction of sp³-hybridized carbons (Fsp3) is 0.333. The van der Waals surface area contributed by atoms with E-state index in [9.17, 15) is 4.79 Å². The summed E-state index contributed by atoms with van der Waals surface area (Å²) in [6.07, 6.45) is 0.523. The van der Waals surface area contributed by atoms with Crippen molar-refractivity contribution in [1.82, 2.24) is 0 Å². The van der Waals surface area contributed by atoms with Crippen molar-refractivity contribution in [1.29, 1.82) is 5.26 Å². The first-order chi connectivity index (χ1) is 4.18. The average Bonchev–Trinajstić information content (AvgIpc) is 1.91. The van der Waals surface area contributed by atoms with Crippen molar-refractivity contribution in [2.45, 2.75) is 13.3 Å². The second-order valence-electron chi connectivity index (χ2n) is 1.26. The number of aliphatic carboxylic acids is 1. The predicted octanol–water partition coefficient (Wildman–Crippen LogP) is 1.18. The zero-order valence-electron chi connectivity index (χ0n) is 5.29. The molecule has 9 heavy (non-hydrogen) atoms. The summed E-state index contributed by atoms with van der Waals surface area (Å²) < 4.78 is 0. The van der Waals surface area contributed by atoms with Crippen molar-refractivity contribution in [2.75, 3.05) is 0 Å². The highest BCUT2D eigenvalue weighted by Gasteiger charge is 1.96. The van der Waals surface area contributed by atoms with Gasteiger partial charge in [-0.3, -0.25) is 0 Å². The molecule has 0 spiro atoms. The van der Waals surface area contributed by atoms with Gasteiger partial charge in [-0.05, 0) is 6.42 Å². The predicted molar refractivity (Wildman–Crippen MR) is 33.7 cm³/mol. The minimum Gasteiger partial charge on any atom is -0.478 e. The lowest BCUT2D eigenvalue weighted by molar-refractivity contribution is -0.132. The maximum atomic E-state index is 9.83. The Morgan fingerprint density at radius 2 is 2.11 bits per heavy atom. The molecule has 0 aliphatic carbocycles. The Balaban J connectivity index is 0. The third kappa shape index (κ3) is 6.70. The molecule has 0 amide bonds. The second-order valence-corrected chi connectivity index (χ2v) is 1.26. The molecule has 0 aromatic heterocycles. The van der Waals surface area contributed by atoms with E-state index in [1.807, 2.05) is 0 Å². The zero-order chi connectivity index (χ0) is 7.86. The lowest BCUT2D eigenvalue weighted by atomic mass is 10.2. The summed E-state index contributed by atoms with van der Waals surface area (Å²) in [7, 11) is 0. The first-order valence-corrected chi connectivity index (χ1v) is 2.35. The third-order valence-electron chi connectivity index (χ3n) is 0.729. The fourth-order valence-electron chi connectivity index (χ4n) is 0.151. The topological polar surface area (TPSA) is 61.1 Å². The van der Waals surface area contributed by atoms with Crippen molar-refractivity contribution in [3.8, 4) is 6.57 Å². The Kier molecular flexibility index (Phi) is 7.92. The number of hydrogen-bond acceptors (Lipinski definition) is 2. The van der Waals surface area contributed by atoms with Gasteiger partial charge in [-0.15, -0.1) is 0 Å². The van der Waals surface area contributed by atoms with Crippen molar-refractivity contribution in [3.63, 3.8) is 0 Å². The molecule has 0 saturated heterocycles. The van der Waals surface area contributed by atoms with Gasteiger partial charge in [-0.1, -0.05) is 13.5 Å². The maximum Gasteiger partial charge on any atom is 0.330 e. The van der Waals surface area contributed by atoms with E-state index >= 15 is 0 Å².